The first-order chi connectivity index (χ1) is 14.5. The zero-order valence-corrected chi connectivity index (χ0v) is 17.9. The molecule has 0 radical (unpaired) electrons. The number of nitrogens with zero attached hydrogens (tertiary/aromatic N) is 2. The molecule has 0 saturated carbocycles. The average Bonchev–Trinajstić information content (AvgIpc) is 2.74. The summed E-state index contributed by atoms with van der Waals surface area (Å²) in [7, 11) is 0. The SMILES string of the molecule is O=c1[nH]c2ccccc2c(=O)n1N=Cc1ccc(OCc2ccc(Cl)cc2)c(Br)c1. The third kappa shape index (κ3) is 4.37. The second kappa shape index (κ2) is 8.69. The summed E-state index contributed by atoms with van der Waals surface area (Å²) in [6.45, 7) is 0.394. The molecular weight excluding hydrogens is 470 g/mol. The zero-order valence-electron chi connectivity index (χ0n) is 15.5. The van der Waals surface area contributed by atoms with E-state index in [1.165, 1.54) is 6.21 Å². The molecule has 0 atom stereocenters. The van der Waals surface area contributed by atoms with Gasteiger partial charge in [0, 0.05) is 5.02 Å². The van der Waals surface area contributed by atoms with E-state index in [9.17, 15) is 9.59 Å². The molecule has 0 saturated heterocycles. The van der Waals surface area contributed by atoms with Crippen LogP contribution in [-0.2, 0) is 6.61 Å². The highest BCUT2D eigenvalue weighted by Gasteiger charge is 2.06. The maximum atomic E-state index is 12.5. The fourth-order valence-electron chi connectivity index (χ4n) is 2.84. The molecule has 0 spiro atoms. The largest absolute Gasteiger partial charge is 0.488 e. The zero-order chi connectivity index (χ0) is 21.1. The summed E-state index contributed by atoms with van der Waals surface area (Å²) in [6.07, 6.45) is 1.44. The fourth-order valence-corrected chi connectivity index (χ4v) is 3.48. The lowest BCUT2D eigenvalue weighted by atomic mass is 10.2. The summed E-state index contributed by atoms with van der Waals surface area (Å²) in [6, 6.07) is 19.6. The fraction of sp³-hybridized carbons (Fsp3) is 0.0455. The number of benzene rings is 3. The van der Waals surface area contributed by atoms with E-state index in [0.717, 1.165) is 14.7 Å². The van der Waals surface area contributed by atoms with Crippen molar-refractivity contribution in [3.05, 3.63) is 108 Å². The number of rotatable bonds is 5. The number of halogens is 2. The number of aromatic nitrogens is 2. The molecule has 1 aromatic heterocycles. The standard InChI is InChI=1S/C22H15BrClN3O3/c23-18-11-15(7-10-20(18)30-13-14-5-8-16(24)9-6-14)12-25-27-21(28)17-3-1-2-4-19(17)26-22(27)29/h1-12H,13H2,(H,26,29). The molecule has 6 nitrogen and oxygen atoms in total. The van der Waals surface area contributed by atoms with Gasteiger partial charge in [0.05, 0.1) is 21.6 Å². The van der Waals surface area contributed by atoms with Gasteiger partial charge in [-0.15, -0.1) is 4.68 Å². The molecule has 30 heavy (non-hydrogen) atoms. The Bertz CT molecular complexity index is 1360. The van der Waals surface area contributed by atoms with Gasteiger partial charge in [-0.1, -0.05) is 35.9 Å². The minimum absolute atomic E-state index is 0.390. The highest BCUT2D eigenvalue weighted by molar-refractivity contribution is 9.10. The number of aromatic amines is 1. The maximum absolute atomic E-state index is 12.5. The molecule has 0 amide bonds. The Morgan fingerprint density at radius 1 is 1.07 bits per heavy atom. The van der Waals surface area contributed by atoms with Crippen LogP contribution in [0.5, 0.6) is 5.75 Å². The molecule has 4 aromatic rings. The summed E-state index contributed by atoms with van der Waals surface area (Å²) in [5.74, 6) is 0.655. The van der Waals surface area contributed by atoms with Crippen molar-refractivity contribution in [2.24, 2.45) is 5.10 Å². The van der Waals surface area contributed by atoms with Gasteiger partial charge in [0.1, 0.15) is 12.4 Å². The van der Waals surface area contributed by atoms with Crippen LogP contribution >= 0.6 is 27.5 Å². The molecule has 8 heteroatoms. The monoisotopic (exact) mass is 483 g/mol. The highest BCUT2D eigenvalue weighted by atomic mass is 79.9. The van der Waals surface area contributed by atoms with E-state index in [0.29, 0.717) is 33.8 Å². The predicted octanol–water partition coefficient (Wildman–Crippen LogP) is 4.57. The second-order valence-electron chi connectivity index (χ2n) is 6.44. The van der Waals surface area contributed by atoms with Crippen LogP contribution in [0.3, 0.4) is 0 Å². The minimum Gasteiger partial charge on any atom is -0.488 e. The lowest BCUT2D eigenvalue weighted by Gasteiger charge is -2.09. The lowest BCUT2D eigenvalue weighted by Crippen LogP contribution is -2.32. The van der Waals surface area contributed by atoms with Crippen molar-refractivity contribution in [3.63, 3.8) is 0 Å². The average molecular weight is 485 g/mol. The number of hydrogen-bond donors (Lipinski definition) is 1. The Morgan fingerprint density at radius 2 is 1.83 bits per heavy atom. The van der Waals surface area contributed by atoms with Gasteiger partial charge < -0.3 is 9.72 Å². The molecule has 4 rings (SSSR count). The summed E-state index contributed by atoms with van der Waals surface area (Å²) in [4.78, 5) is 27.4. The Morgan fingerprint density at radius 3 is 2.60 bits per heavy atom. The molecule has 3 aromatic carbocycles. The van der Waals surface area contributed by atoms with Crippen LogP contribution in [0.15, 0.2) is 85.9 Å². The van der Waals surface area contributed by atoms with Gasteiger partial charge in [0.25, 0.3) is 5.56 Å². The molecule has 0 fully saturated rings. The van der Waals surface area contributed by atoms with Crippen LogP contribution in [0.1, 0.15) is 11.1 Å². The van der Waals surface area contributed by atoms with Crippen LogP contribution in [0, 0.1) is 0 Å². The number of nitrogens with one attached hydrogen (secondary N) is 1. The predicted molar refractivity (Wildman–Crippen MR) is 122 cm³/mol. The number of fused-ring (bicyclic) bond motifs is 1. The Hall–Kier alpha value is -3.16. The van der Waals surface area contributed by atoms with Crippen molar-refractivity contribution >= 4 is 44.6 Å². The first-order valence-corrected chi connectivity index (χ1v) is 10.1. The summed E-state index contributed by atoms with van der Waals surface area (Å²) >= 11 is 9.37. The van der Waals surface area contributed by atoms with Gasteiger partial charge in [-0.05, 0) is 69.5 Å². The van der Waals surface area contributed by atoms with Crippen molar-refractivity contribution in [2.45, 2.75) is 6.61 Å². The topological polar surface area (TPSA) is 76.5 Å². The quantitative estimate of drug-likeness (QED) is 0.422. The van der Waals surface area contributed by atoms with E-state index in [-0.39, 0.29) is 0 Å². The molecular formula is C22H15BrClN3O3. The van der Waals surface area contributed by atoms with E-state index >= 15 is 0 Å². The highest BCUT2D eigenvalue weighted by Crippen LogP contribution is 2.26. The van der Waals surface area contributed by atoms with Gasteiger partial charge in [0.15, 0.2) is 0 Å². The Kier molecular flexibility index (Phi) is 5.83. The van der Waals surface area contributed by atoms with E-state index < -0.39 is 11.2 Å². The van der Waals surface area contributed by atoms with Crippen LogP contribution in [0.4, 0.5) is 0 Å². The van der Waals surface area contributed by atoms with Crippen molar-refractivity contribution in [3.8, 4) is 5.75 Å². The van der Waals surface area contributed by atoms with Crippen LogP contribution in [0.2, 0.25) is 5.02 Å². The molecule has 150 valence electrons. The van der Waals surface area contributed by atoms with Crippen LogP contribution in [-0.4, -0.2) is 15.9 Å². The van der Waals surface area contributed by atoms with E-state index in [1.54, 1.807) is 42.5 Å². The normalized spacial score (nSPS) is 11.3. The molecule has 0 aliphatic carbocycles. The second-order valence-corrected chi connectivity index (χ2v) is 7.73. The lowest BCUT2D eigenvalue weighted by molar-refractivity contribution is 0.304. The third-order valence-corrected chi connectivity index (χ3v) is 5.24. The van der Waals surface area contributed by atoms with Gasteiger partial charge in [0.2, 0.25) is 0 Å². The first kappa shape index (κ1) is 20.1. The van der Waals surface area contributed by atoms with E-state index in [2.05, 4.69) is 26.0 Å². The molecule has 1 N–H and O–H groups in total. The van der Waals surface area contributed by atoms with Gasteiger partial charge in [-0.25, -0.2) is 4.79 Å². The van der Waals surface area contributed by atoms with Crippen molar-refractivity contribution in [1.29, 1.82) is 0 Å². The Labute approximate surface area is 184 Å². The molecule has 0 aliphatic rings. The maximum Gasteiger partial charge on any atom is 0.349 e. The molecule has 0 unspecified atom stereocenters. The number of H-pyrrole nitrogens is 1. The molecule has 0 bridgehead atoms. The van der Waals surface area contributed by atoms with E-state index in [1.807, 2.05) is 24.3 Å². The van der Waals surface area contributed by atoms with Crippen molar-refractivity contribution < 1.29 is 4.74 Å². The van der Waals surface area contributed by atoms with E-state index in [4.69, 9.17) is 16.3 Å². The molecule has 1 heterocycles. The van der Waals surface area contributed by atoms with Gasteiger partial charge in [-0.2, -0.15) is 5.10 Å². The number of hydrogen-bond acceptors (Lipinski definition) is 4. The summed E-state index contributed by atoms with van der Waals surface area (Å²) in [5, 5.41) is 5.12. The minimum atomic E-state index is -0.600. The summed E-state index contributed by atoms with van der Waals surface area (Å²) < 4.78 is 7.35. The number of ether oxygens (including phenoxy) is 1. The van der Waals surface area contributed by atoms with Crippen molar-refractivity contribution in [2.75, 3.05) is 0 Å². The smallest absolute Gasteiger partial charge is 0.349 e. The van der Waals surface area contributed by atoms with Crippen LogP contribution in [0.25, 0.3) is 10.9 Å². The van der Waals surface area contributed by atoms with Gasteiger partial charge in [-0.3, -0.25) is 4.79 Å². The van der Waals surface area contributed by atoms with Crippen LogP contribution < -0.4 is 16.0 Å². The third-order valence-electron chi connectivity index (χ3n) is 4.37. The van der Waals surface area contributed by atoms with Crippen molar-refractivity contribution in [1.82, 2.24) is 9.66 Å². The Balaban J connectivity index is 1.54. The summed E-state index contributed by atoms with van der Waals surface area (Å²) in [5.41, 5.74) is 1.08. The first-order valence-electron chi connectivity index (χ1n) is 8.96. The number of para-hydroxylation sites is 1. The molecule has 0 aliphatic heterocycles. The van der Waals surface area contributed by atoms with Gasteiger partial charge >= 0.3 is 5.69 Å².